The van der Waals surface area contributed by atoms with Crippen molar-refractivity contribution in [1.29, 1.82) is 0 Å². The molecule has 0 spiro atoms. The molecule has 0 amide bonds. The van der Waals surface area contributed by atoms with E-state index in [0.717, 1.165) is 81.6 Å². The van der Waals surface area contributed by atoms with Crippen molar-refractivity contribution < 1.29 is 0 Å². The summed E-state index contributed by atoms with van der Waals surface area (Å²) in [4.78, 5) is 20.8. The first kappa shape index (κ1) is 23.9. The summed E-state index contributed by atoms with van der Waals surface area (Å²) in [6, 6.07) is 30.5. The Hall–Kier alpha value is -4.90. The van der Waals surface area contributed by atoms with Crippen molar-refractivity contribution in [2.24, 2.45) is 9.98 Å². The van der Waals surface area contributed by atoms with Crippen LogP contribution in [0.25, 0.3) is 66.1 Å². The van der Waals surface area contributed by atoms with Crippen LogP contribution in [0.3, 0.4) is 0 Å². The number of hydrogen-bond acceptors (Lipinski definition) is 2. The van der Waals surface area contributed by atoms with Gasteiger partial charge in [-0.25, -0.2) is 0 Å². The summed E-state index contributed by atoms with van der Waals surface area (Å²) in [7, 11) is 0. The highest BCUT2D eigenvalue weighted by molar-refractivity contribution is 6.13. The molecule has 0 unspecified atom stereocenters. The van der Waals surface area contributed by atoms with Crippen LogP contribution >= 0.6 is 0 Å². The van der Waals surface area contributed by atoms with Crippen LogP contribution in [0.5, 0.6) is 0 Å². The molecule has 3 N–H and O–H groups in total. The van der Waals surface area contributed by atoms with E-state index in [1.807, 2.05) is 0 Å². The molecule has 1 aliphatic rings. The van der Waals surface area contributed by atoms with Gasteiger partial charge in [0.25, 0.3) is 0 Å². The van der Waals surface area contributed by atoms with Crippen LogP contribution in [0, 0.1) is 0 Å². The molecule has 7 aromatic rings. The minimum atomic E-state index is 0.838. The van der Waals surface area contributed by atoms with Crippen molar-refractivity contribution in [3.63, 3.8) is 0 Å². The molecule has 3 aromatic heterocycles. The van der Waals surface area contributed by atoms with Crippen molar-refractivity contribution in [3.05, 3.63) is 96.1 Å². The lowest BCUT2D eigenvalue weighted by atomic mass is 10.0. The molecule has 0 radical (unpaired) electrons. The first-order chi connectivity index (χ1) is 20.3. The fourth-order valence-electron chi connectivity index (χ4n) is 6.33. The van der Waals surface area contributed by atoms with Gasteiger partial charge in [0, 0.05) is 80.3 Å². The van der Waals surface area contributed by atoms with E-state index in [1.165, 1.54) is 34.4 Å². The summed E-state index contributed by atoms with van der Waals surface area (Å²) < 4.78 is 0. The average Bonchev–Trinajstić information content (AvgIpc) is 3.68. The number of aromatic nitrogens is 3. The molecular weight excluding hydrogens is 502 g/mol. The third kappa shape index (κ3) is 4.16. The van der Waals surface area contributed by atoms with Crippen molar-refractivity contribution in [2.75, 3.05) is 13.1 Å². The second kappa shape index (κ2) is 9.93. The average molecular weight is 534 g/mol. The Morgan fingerprint density at radius 2 is 0.902 bits per heavy atom. The summed E-state index contributed by atoms with van der Waals surface area (Å²) in [6.45, 7) is 1.68. The summed E-state index contributed by atoms with van der Waals surface area (Å²) in [6.07, 6.45) is 8.66. The monoisotopic (exact) mass is 533 g/mol. The Kier molecular flexibility index (Phi) is 5.80. The van der Waals surface area contributed by atoms with Gasteiger partial charge in [-0.05, 0) is 60.4 Å². The third-order valence-corrected chi connectivity index (χ3v) is 8.43. The van der Waals surface area contributed by atoms with E-state index in [-0.39, 0.29) is 0 Å². The number of rotatable bonds is 0. The van der Waals surface area contributed by atoms with Gasteiger partial charge in [-0.15, -0.1) is 0 Å². The number of fused-ring (bicyclic) bond motifs is 10. The molecular formula is C36H31N5. The molecule has 4 aromatic carbocycles. The molecule has 0 saturated heterocycles. The zero-order valence-corrected chi connectivity index (χ0v) is 22.9. The third-order valence-electron chi connectivity index (χ3n) is 8.43. The zero-order chi connectivity index (χ0) is 27.2. The maximum atomic E-state index is 4.87. The van der Waals surface area contributed by atoms with Gasteiger partial charge in [-0.3, -0.25) is 9.98 Å². The van der Waals surface area contributed by atoms with Crippen LogP contribution in [0.4, 0.5) is 0 Å². The van der Waals surface area contributed by atoms with Gasteiger partial charge in [0.2, 0.25) is 0 Å². The maximum Gasteiger partial charge on any atom is 0.0554 e. The fourth-order valence-corrected chi connectivity index (χ4v) is 6.33. The molecule has 4 bridgehead atoms. The van der Waals surface area contributed by atoms with Crippen LogP contribution < -0.4 is 0 Å². The van der Waals surface area contributed by atoms with E-state index in [0.29, 0.717) is 0 Å². The van der Waals surface area contributed by atoms with Crippen LogP contribution in [0.2, 0.25) is 0 Å². The van der Waals surface area contributed by atoms with E-state index >= 15 is 0 Å². The van der Waals surface area contributed by atoms with Gasteiger partial charge in [0.15, 0.2) is 0 Å². The molecule has 1 aliphatic heterocycles. The molecule has 0 saturated carbocycles. The molecule has 200 valence electrons. The first-order valence-corrected chi connectivity index (χ1v) is 14.6. The number of hydrogen-bond donors (Lipinski definition) is 3. The van der Waals surface area contributed by atoms with Crippen molar-refractivity contribution in [1.82, 2.24) is 15.0 Å². The van der Waals surface area contributed by atoms with E-state index < -0.39 is 0 Å². The molecule has 5 nitrogen and oxygen atoms in total. The lowest BCUT2D eigenvalue weighted by Crippen LogP contribution is -1.91. The Morgan fingerprint density at radius 1 is 0.439 bits per heavy atom. The fraction of sp³-hybridized carbons (Fsp3) is 0.167. The summed E-state index contributed by atoms with van der Waals surface area (Å²) >= 11 is 0. The zero-order valence-electron chi connectivity index (χ0n) is 22.9. The quantitative estimate of drug-likeness (QED) is 0.174. The van der Waals surface area contributed by atoms with Gasteiger partial charge < -0.3 is 15.0 Å². The number of para-hydroxylation sites is 2. The number of aliphatic imine (C=N–C) groups is 2. The van der Waals surface area contributed by atoms with Crippen LogP contribution in [-0.2, 0) is 0 Å². The van der Waals surface area contributed by atoms with E-state index in [4.69, 9.17) is 9.98 Å². The van der Waals surface area contributed by atoms with Crippen LogP contribution in [-0.4, -0.2) is 40.5 Å². The SMILES string of the molecule is C1=NCCCCCCN=Cc2c([nH]c3ccccc23)-c2ccc3[nH]c4ccc(cc4c3c2)-c2[nH]c3ccccc3c21. The standard InChI is InChI=1S/C36H31N5/c1-2-8-18-38-22-30-26-10-4-6-12-32(26)41-36(30)24-14-16-34-28(20-24)27-19-23(13-15-33(27)39-34)35-29(21-37-17-7-1)25-9-3-5-11-31(25)40-35/h3-6,9-16,19-22,39-41H,1-2,7-8,17-18H2. The number of nitrogens with one attached hydrogen (secondary N) is 3. The number of H-pyrrole nitrogens is 3. The highest BCUT2D eigenvalue weighted by atomic mass is 14.8. The van der Waals surface area contributed by atoms with Crippen LogP contribution in [0.15, 0.2) is 94.9 Å². The Balaban J connectivity index is 1.35. The Bertz CT molecular complexity index is 1970. The van der Waals surface area contributed by atoms with E-state index in [9.17, 15) is 0 Å². The van der Waals surface area contributed by atoms with Gasteiger partial charge in [0.1, 0.15) is 0 Å². The van der Waals surface area contributed by atoms with E-state index in [1.54, 1.807) is 0 Å². The Morgan fingerprint density at radius 3 is 1.41 bits per heavy atom. The van der Waals surface area contributed by atoms with Gasteiger partial charge >= 0.3 is 0 Å². The first-order valence-electron chi connectivity index (χ1n) is 14.6. The van der Waals surface area contributed by atoms with Gasteiger partial charge in [-0.2, -0.15) is 0 Å². The van der Waals surface area contributed by atoms with Crippen LogP contribution in [0.1, 0.15) is 36.8 Å². The summed E-state index contributed by atoms with van der Waals surface area (Å²) in [5.41, 5.74) is 11.4. The maximum absolute atomic E-state index is 4.87. The minimum absolute atomic E-state index is 0.838. The normalized spacial score (nSPS) is 14.5. The molecule has 4 heterocycles. The van der Waals surface area contributed by atoms with Gasteiger partial charge in [-0.1, -0.05) is 61.4 Å². The highest BCUT2D eigenvalue weighted by Gasteiger charge is 2.16. The van der Waals surface area contributed by atoms with Crippen molar-refractivity contribution >= 4 is 56.0 Å². The predicted molar refractivity (Wildman–Crippen MR) is 174 cm³/mol. The minimum Gasteiger partial charge on any atom is -0.355 e. The smallest absolute Gasteiger partial charge is 0.0554 e. The second-order valence-electron chi connectivity index (χ2n) is 11.0. The highest BCUT2D eigenvalue weighted by Crippen LogP contribution is 2.36. The molecule has 41 heavy (non-hydrogen) atoms. The number of nitrogens with zero attached hydrogens (tertiary/aromatic N) is 2. The number of benzene rings is 4. The predicted octanol–water partition coefficient (Wildman–Crippen LogP) is 9.03. The lowest BCUT2D eigenvalue weighted by molar-refractivity contribution is 0.655. The molecule has 0 aliphatic carbocycles. The topological polar surface area (TPSA) is 72.1 Å². The number of aromatic amines is 3. The molecule has 5 heteroatoms. The Labute approximate surface area is 238 Å². The van der Waals surface area contributed by atoms with Gasteiger partial charge in [0.05, 0.1) is 11.4 Å². The lowest BCUT2D eigenvalue weighted by Gasteiger charge is -2.05. The summed E-state index contributed by atoms with van der Waals surface area (Å²) in [5.74, 6) is 0. The van der Waals surface area contributed by atoms with Crippen molar-refractivity contribution in [2.45, 2.75) is 25.7 Å². The molecule has 0 atom stereocenters. The van der Waals surface area contributed by atoms with Crippen molar-refractivity contribution in [3.8, 4) is 22.5 Å². The summed E-state index contributed by atoms with van der Waals surface area (Å²) in [5, 5.41) is 4.83. The second-order valence-corrected chi connectivity index (χ2v) is 11.0. The molecule has 0 fully saturated rings. The molecule has 8 rings (SSSR count). The van der Waals surface area contributed by atoms with E-state index in [2.05, 4.69) is 112 Å². The largest absolute Gasteiger partial charge is 0.355 e.